The highest BCUT2D eigenvalue weighted by molar-refractivity contribution is 5.93. The fourth-order valence-electron chi connectivity index (χ4n) is 1.40. The Balaban J connectivity index is 2.43. The Kier molecular flexibility index (Phi) is 6.55. The topological polar surface area (TPSA) is 111 Å². The van der Waals surface area contributed by atoms with Gasteiger partial charge in [0.2, 0.25) is 5.91 Å². The molecule has 0 radical (unpaired) electrons. The van der Waals surface area contributed by atoms with E-state index >= 15 is 0 Å². The van der Waals surface area contributed by atoms with E-state index in [0.717, 1.165) is 0 Å². The van der Waals surface area contributed by atoms with Crippen molar-refractivity contribution in [3.05, 3.63) is 29.8 Å². The maximum absolute atomic E-state index is 11.7. The standard InChI is InChI=1S/C14H16N2O6/c1-9(17)16-11-5-3-10(4-6-11)14(20)22-8-12(18)15-7-13(19)21-2/h3-6H,7-8H2,1-2H3,(H,15,18)(H,16,17). The van der Waals surface area contributed by atoms with Crippen LogP contribution in [0.3, 0.4) is 0 Å². The van der Waals surface area contributed by atoms with Crippen LogP contribution in [0.1, 0.15) is 17.3 Å². The summed E-state index contributed by atoms with van der Waals surface area (Å²) in [5, 5.41) is 4.79. The number of amides is 2. The summed E-state index contributed by atoms with van der Waals surface area (Å²) in [7, 11) is 1.19. The zero-order valence-electron chi connectivity index (χ0n) is 12.2. The van der Waals surface area contributed by atoms with E-state index in [2.05, 4.69) is 15.4 Å². The minimum absolute atomic E-state index is 0.224. The van der Waals surface area contributed by atoms with Gasteiger partial charge in [0.05, 0.1) is 12.7 Å². The predicted molar refractivity (Wildman–Crippen MR) is 76.1 cm³/mol. The number of esters is 2. The molecule has 0 aliphatic rings. The largest absolute Gasteiger partial charge is 0.468 e. The molecular formula is C14H16N2O6. The monoisotopic (exact) mass is 308 g/mol. The van der Waals surface area contributed by atoms with E-state index in [9.17, 15) is 19.2 Å². The van der Waals surface area contributed by atoms with Gasteiger partial charge >= 0.3 is 11.9 Å². The predicted octanol–water partition coefficient (Wildman–Crippen LogP) is 0.0910. The van der Waals surface area contributed by atoms with E-state index in [0.29, 0.717) is 5.69 Å². The van der Waals surface area contributed by atoms with Crippen LogP contribution in [0.25, 0.3) is 0 Å². The maximum Gasteiger partial charge on any atom is 0.338 e. The molecule has 0 heterocycles. The van der Waals surface area contributed by atoms with Crippen LogP contribution in [0.15, 0.2) is 24.3 Å². The van der Waals surface area contributed by atoms with Crippen LogP contribution in [-0.4, -0.2) is 44.0 Å². The minimum Gasteiger partial charge on any atom is -0.468 e. The van der Waals surface area contributed by atoms with E-state index in [1.165, 1.54) is 38.3 Å². The van der Waals surface area contributed by atoms with Gasteiger partial charge in [-0.3, -0.25) is 14.4 Å². The molecule has 8 heteroatoms. The number of carbonyl (C=O) groups excluding carboxylic acids is 4. The highest BCUT2D eigenvalue weighted by atomic mass is 16.5. The number of methoxy groups -OCH3 is 1. The average molecular weight is 308 g/mol. The van der Waals surface area contributed by atoms with Gasteiger partial charge < -0.3 is 20.1 Å². The number of carbonyl (C=O) groups is 4. The number of hydrogen-bond donors (Lipinski definition) is 2. The molecule has 0 atom stereocenters. The molecule has 0 aromatic heterocycles. The maximum atomic E-state index is 11.7. The van der Waals surface area contributed by atoms with Crippen molar-refractivity contribution in [1.82, 2.24) is 5.32 Å². The van der Waals surface area contributed by atoms with Gasteiger partial charge in [0.15, 0.2) is 6.61 Å². The Morgan fingerprint density at radius 1 is 1.09 bits per heavy atom. The van der Waals surface area contributed by atoms with Crippen molar-refractivity contribution in [2.24, 2.45) is 0 Å². The molecular weight excluding hydrogens is 292 g/mol. The number of rotatable bonds is 6. The second-order valence-corrected chi connectivity index (χ2v) is 4.19. The lowest BCUT2D eigenvalue weighted by Crippen LogP contribution is -2.33. The average Bonchev–Trinajstić information content (AvgIpc) is 2.50. The molecule has 0 unspecified atom stereocenters. The van der Waals surface area contributed by atoms with E-state index in [4.69, 9.17) is 4.74 Å². The highest BCUT2D eigenvalue weighted by Gasteiger charge is 2.11. The van der Waals surface area contributed by atoms with Gasteiger partial charge in [-0.05, 0) is 24.3 Å². The lowest BCUT2D eigenvalue weighted by atomic mass is 10.2. The van der Waals surface area contributed by atoms with Crippen molar-refractivity contribution in [3.8, 4) is 0 Å². The first-order chi connectivity index (χ1) is 10.4. The minimum atomic E-state index is -0.692. The van der Waals surface area contributed by atoms with Crippen molar-refractivity contribution in [1.29, 1.82) is 0 Å². The second-order valence-electron chi connectivity index (χ2n) is 4.19. The fraction of sp³-hybridized carbons (Fsp3) is 0.286. The molecule has 2 N–H and O–H groups in total. The van der Waals surface area contributed by atoms with Gasteiger partial charge in [-0.2, -0.15) is 0 Å². The quantitative estimate of drug-likeness (QED) is 0.721. The van der Waals surface area contributed by atoms with Crippen LogP contribution in [-0.2, 0) is 23.9 Å². The lowest BCUT2D eigenvalue weighted by Gasteiger charge is -2.06. The van der Waals surface area contributed by atoms with Gasteiger partial charge in [-0.25, -0.2) is 4.79 Å². The van der Waals surface area contributed by atoms with Gasteiger partial charge in [0, 0.05) is 12.6 Å². The molecule has 22 heavy (non-hydrogen) atoms. The molecule has 0 aliphatic heterocycles. The number of benzene rings is 1. The molecule has 1 rings (SSSR count). The Morgan fingerprint density at radius 3 is 2.27 bits per heavy atom. The third-order valence-corrected chi connectivity index (χ3v) is 2.43. The molecule has 0 spiro atoms. The summed E-state index contributed by atoms with van der Waals surface area (Å²) in [5.41, 5.74) is 0.773. The summed E-state index contributed by atoms with van der Waals surface area (Å²) in [6.45, 7) is 0.566. The van der Waals surface area contributed by atoms with Crippen molar-refractivity contribution in [3.63, 3.8) is 0 Å². The zero-order valence-corrected chi connectivity index (χ0v) is 12.2. The van der Waals surface area contributed by atoms with E-state index < -0.39 is 24.5 Å². The summed E-state index contributed by atoms with van der Waals surface area (Å²) in [4.78, 5) is 44.7. The third kappa shape index (κ3) is 6.04. The lowest BCUT2D eigenvalue weighted by molar-refractivity contribution is -0.141. The third-order valence-electron chi connectivity index (χ3n) is 2.43. The molecule has 1 aromatic rings. The molecule has 2 amide bonds. The van der Waals surface area contributed by atoms with Crippen LogP contribution in [0.5, 0.6) is 0 Å². The van der Waals surface area contributed by atoms with Crippen LogP contribution in [0.4, 0.5) is 5.69 Å². The van der Waals surface area contributed by atoms with Crippen LogP contribution in [0, 0.1) is 0 Å². The zero-order chi connectivity index (χ0) is 16.5. The van der Waals surface area contributed by atoms with Crippen LogP contribution >= 0.6 is 0 Å². The summed E-state index contributed by atoms with van der Waals surface area (Å²) in [5.74, 6) is -2.14. The van der Waals surface area contributed by atoms with E-state index in [1.54, 1.807) is 0 Å². The normalized spacial score (nSPS) is 9.55. The second kappa shape index (κ2) is 8.40. The summed E-state index contributed by atoms with van der Waals surface area (Å²) in [6.07, 6.45) is 0. The fourth-order valence-corrected chi connectivity index (χ4v) is 1.40. The van der Waals surface area contributed by atoms with Crippen LogP contribution < -0.4 is 10.6 Å². The molecule has 8 nitrogen and oxygen atoms in total. The molecule has 0 saturated heterocycles. The highest BCUT2D eigenvalue weighted by Crippen LogP contribution is 2.10. The van der Waals surface area contributed by atoms with Crippen molar-refractivity contribution < 1.29 is 28.7 Å². The van der Waals surface area contributed by atoms with E-state index in [1.807, 2.05) is 0 Å². The molecule has 0 fully saturated rings. The first-order valence-electron chi connectivity index (χ1n) is 6.30. The van der Waals surface area contributed by atoms with Crippen molar-refractivity contribution >= 4 is 29.4 Å². The van der Waals surface area contributed by atoms with Crippen LogP contribution in [0.2, 0.25) is 0 Å². The first kappa shape index (κ1) is 17.2. The molecule has 0 aliphatic carbocycles. The first-order valence-corrected chi connectivity index (χ1v) is 6.30. The molecule has 118 valence electrons. The Morgan fingerprint density at radius 2 is 1.73 bits per heavy atom. The van der Waals surface area contributed by atoms with Gasteiger partial charge in [0.25, 0.3) is 5.91 Å². The number of nitrogens with one attached hydrogen (secondary N) is 2. The summed E-state index contributed by atoms with van der Waals surface area (Å²) in [6, 6.07) is 5.99. The Labute approximate surface area is 126 Å². The van der Waals surface area contributed by atoms with Gasteiger partial charge in [-0.1, -0.05) is 0 Å². The van der Waals surface area contributed by atoms with Crippen molar-refractivity contribution in [2.45, 2.75) is 6.92 Å². The van der Waals surface area contributed by atoms with Crippen molar-refractivity contribution in [2.75, 3.05) is 25.6 Å². The number of hydrogen-bond acceptors (Lipinski definition) is 6. The Hall–Kier alpha value is -2.90. The number of anilines is 1. The molecule has 0 bridgehead atoms. The Bertz CT molecular complexity index is 567. The van der Waals surface area contributed by atoms with E-state index in [-0.39, 0.29) is 18.0 Å². The molecule has 0 saturated carbocycles. The smallest absolute Gasteiger partial charge is 0.338 e. The summed E-state index contributed by atoms with van der Waals surface area (Å²) >= 11 is 0. The van der Waals surface area contributed by atoms with Gasteiger partial charge in [0.1, 0.15) is 6.54 Å². The number of ether oxygens (including phenoxy) is 2. The SMILES string of the molecule is COC(=O)CNC(=O)COC(=O)c1ccc(NC(C)=O)cc1. The summed E-state index contributed by atoms with van der Waals surface area (Å²) < 4.78 is 9.13. The van der Waals surface area contributed by atoms with Gasteiger partial charge in [-0.15, -0.1) is 0 Å². The molecule has 1 aromatic carbocycles.